The third-order valence-corrected chi connectivity index (χ3v) is 6.67. The van der Waals surface area contributed by atoms with Crippen LogP contribution in [0.2, 0.25) is 0 Å². The number of hydrogen-bond acceptors (Lipinski definition) is 5. The second-order valence-electron chi connectivity index (χ2n) is 9.17. The Morgan fingerprint density at radius 3 is 2.43 bits per heavy atom. The van der Waals surface area contributed by atoms with Crippen molar-refractivity contribution in [1.29, 1.82) is 0 Å². The topological polar surface area (TPSA) is 82.2 Å². The predicted molar refractivity (Wildman–Crippen MR) is 132 cm³/mol. The van der Waals surface area contributed by atoms with E-state index >= 15 is 0 Å². The van der Waals surface area contributed by atoms with Gasteiger partial charge in [0.05, 0.1) is 18.2 Å². The Morgan fingerprint density at radius 2 is 1.78 bits per heavy atom. The van der Waals surface area contributed by atoms with Gasteiger partial charge in [-0.3, -0.25) is 14.6 Å². The smallest absolute Gasteiger partial charge is 0.338 e. The molecule has 3 amide bonds. The van der Waals surface area contributed by atoms with E-state index < -0.39 is 29.7 Å². The van der Waals surface area contributed by atoms with E-state index in [0.717, 1.165) is 0 Å². The summed E-state index contributed by atoms with van der Waals surface area (Å²) in [6.45, 7) is 5.32. The maximum Gasteiger partial charge on any atom is 0.338 e. The average Bonchev–Trinajstić information content (AvgIpc) is 2.86. The molecular weight excluding hydrogens is 482 g/mol. The minimum Gasteiger partial charge on any atom is -0.463 e. The number of hydrogen-bond donors (Lipinski definition) is 1. The second kappa shape index (κ2) is 11.1. The number of piperazine rings is 1. The molecule has 0 radical (unpaired) electrons. The van der Waals surface area contributed by atoms with Crippen LogP contribution in [0.1, 0.15) is 35.8 Å². The summed E-state index contributed by atoms with van der Waals surface area (Å²) in [6, 6.07) is 9.86. The highest BCUT2D eigenvalue weighted by atomic mass is 19.1. The maximum atomic E-state index is 14.0. The van der Waals surface area contributed by atoms with E-state index in [2.05, 4.69) is 5.32 Å². The SMILES string of the molecule is CCOC(=O)C1=C(CN2CCN(C(=O)c3cccc(F)c3)C(C)C2)N(C)C(=O)NC1c1cccc(F)c1. The molecule has 8 nitrogen and oxygen atoms in total. The van der Waals surface area contributed by atoms with Crippen LogP contribution in [-0.4, -0.2) is 78.5 Å². The van der Waals surface area contributed by atoms with Gasteiger partial charge >= 0.3 is 12.0 Å². The Hall–Kier alpha value is -3.79. The fourth-order valence-electron chi connectivity index (χ4n) is 4.81. The number of nitrogens with zero attached hydrogens (tertiary/aromatic N) is 3. The summed E-state index contributed by atoms with van der Waals surface area (Å²) in [4.78, 5) is 44.1. The van der Waals surface area contributed by atoms with E-state index in [9.17, 15) is 23.2 Å². The van der Waals surface area contributed by atoms with Gasteiger partial charge in [0, 0.05) is 50.5 Å². The summed E-state index contributed by atoms with van der Waals surface area (Å²) >= 11 is 0. The Morgan fingerprint density at radius 1 is 1.08 bits per heavy atom. The summed E-state index contributed by atoms with van der Waals surface area (Å²) in [5.41, 5.74) is 1.41. The summed E-state index contributed by atoms with van der Waals surface area (Å²) in [7, 11) is 1.57. The molecule has 0 aliphatic carbocycles. The fourth-order valence-corrected chi connectivity index (χ4v) is 4.81. The molecule has 37 heavy (non-hydrogen) atoms. The highest BCUT2D eigenvalue weighted by Crippen LogP contribution is 2.32. The van der Waals surface area contributed by atoms with Crippen LogP contribution < -0.4 is 5.32 Å². The number of urea groups is 1. The summed E-state index contributed by atoms with van der Waals surface area (Å²) in [6.07, 6.45) is 0. The van der Waals surface area contributed by atoms with E-state index in [1.54, 1.807) is 31.0 Å². The molecule has 2 aromatic rings. The fraction of sp³-hybridized carbons (Fsp3) is 0.370. The van der Waals surface area contributed by atoms with Crippen molar-refractivity contribution in [2.75, 3.05) is 39.8 Å². The Labute approximate surface area is 214 Å². The summed E-state index contributed by atoms with van der Waals surface area (Å²) in [5.74, 6) is -1.80. The number of ether oxygens (including phenoxy) is 1. The zero-order valence-electron chi connectivity index (χ0n) is 21.0. The van der Waals surface area contributed by atoms with Crippen LogP contribution in [-0.2, 0) is 9.53 Å². The summed E-state index contributed by atoms with van der Waals surface area (Å²) in [5, 5.41) is 2.78. The third kappa shape index (κ3) is 5.64. The largest absolute Gasteiger partial charge is 0.463 e. The predicted octanol–water partition coefficient (Wildman–Crippen LogP) is 3.32. The van der Waals surface area contributed by atoms with Crippen molar-refractivity contribution in [3.63, 3.8) is 0 Å². The van der Waals surface area contributed by atoms with Crippen molar-refractivity contribution in [3.8, 4) is 0 Å². The lowest BCUT2D eigenvalue weighted by Crippen LogP contribution is -2.56. The van der Waals surface area contributed by atoms with E-state index in [-0.39, 0.29) is 36.2 Å². The van der Waals surface area contributed by atoms with Crippen LogP contribution in [0, 0.1) is 11.6 Å². The van der Waals surface area contributed by atoms with E-state index in [0.29, 0.717) is 30.9 Å². The van der Waals surface area contributed by atoms with E-state index in [1.165, 1.54) is 41.3 Å². The molecule has 0 spiro atoms. The lowest BCUT2D eigenvalue weighted by molar-refractivity contribution is -0.139. The zero-order chi connectivity index (χ0) is 26.7. The summed E-state index contributed by atoms with van der Waals surface area (Å²) < 4.78 is 33.0. The van der Waals surface area contributed by atoms with Crippen LogP contribution in [0.3, 0.4) is 0 Å². The van der Waals surface area contributed by atoms with Crippen LogP contribution in [0.5, 0.6) is 0 Å². The molecule has 2 aliphatic rings. The molecule has 0 bridgehead atoms. The molecule has 1 N–H and O–H groups in total. The normalized spacial score (nSPS) is 20.6. The number of nitrogens with one attached hydrogen (secondary N) is 1. The van der Waals surface area contributed by atoms with Crippen molar-refractivity contribution < 1.29 is 27.9 Å². The van der Waals surface area contributed by atoms with Gasteiger partial charge in [-0.05, 0) is 49.7 Å². The molecule has 2 heterocycles. The van der Waals surface area contributed by atoms with E-state index in [4.69, 9.17) is 4.74 Å². The van der Waals surface area contributed by atoms with Gasteiger partial charge in [-0.1, -0.05) is 18.2 Å². The monoisotopic (exact) mass is 512 g/mol. The minimum atomic E-state index is -0.873. The first-order valence-electron chi connectivity index (χ1n) is 12.2. The molecule has 1 saturated heterocycles. The number of likely N-dealkylation sites (N-methyl/N-ethyl adjacent to an activating group) is 1. The number of benzene rings is 2. The highest BCUT2D eigenvalue weighted by Gasteiger charge is 2.38. The van der Waals surface area contributed by atoms with Crippen LogP contribution >= 0.6 is 0 Å². The third-order valence-electron chi connectivity index (χ3n) is 6.67. The average molecular weight is 513 g/mol. The lowest BCUT2D eigenvalue weighted by atomic mass is 9.94. The number of amides is 3. The number of esters is 1. The van der Waals surface area contributed by atoms with Crippen molar-refractivity contribution in [2.45, 2.75) is 25.9 Å². The molecule has 1 fully saturated rings. The zero-order valence-corrected chi connectivity index (χ0v) is 21.0. The Kier molecular flexibility index (Phi) is 7.87. The lowest BCUT2D eigenvalue weighted by Gasteiger charge is -2.42. The van der Waals surface area contributed by atoms with Crippen LogP contribution in [0.25, 0.3) is 0 Å². The molecule has 2 unspecified atom stereocenters. The first-order chi connectivity index (χ1) is 17.7. The van der Waals surface area contributed by atoms with Gasteiger partial charge in [-0.15, -0.1) is 0 Å². The Bertz CT molecular complexity index is 1230. The Balaban J connectivity index is 1.60. The van der Waals surface area contributed by atoms with Gasteiger partial charge in [0.2, 0.25) is 0 Å². The standard InChI is InChI=1S/C27H30F2N4O4/c1-4-37-26(35)23-22(31(3)27(36)30-24(23)18-7-5-9-20(28)13-18)16-32-11-12-33(17(2)15-32)25(34)19-8-6-10-21(29)14-19/h5-10,13-14,17,24H,4,11-12,15-16H2,1-3H3,(H,30,36). The molecule has 196 valence electrons. The number of carbonyl (C=O) groups excluding carboxylic acids is 3. The first-order valence-corrected chi connectivity index (χ1v) is 12.2. The molecule has 2 aromatic carbocycles. The van der Waals surface area contributed by atoms with Crippen LogP contribution in [0.4, 0.5) is 13.6 Å². The molecule has 0 saturated carbocycles. The van der Waals surface area contributed by atoms with Gasteiger partial charge in [0.15, 0.2) is 0 Å². The molecule has 0 aromatic heterocycles. The van der Waals surface area contributed by atoms with Gasteiger partial charge < -0.3 is 15.0 Å². The first kappa shape index (κ1) is 26.3. The van der Waals surface area contributed by atoms with Crippen molar-refractivity contribution in [1.82, 2.24) is 20.0 Å². The van der Waals surface area contributed by atoms with Gasteiger partial charge in [-0.2, -0.15) is 0 Å². The van der Waals surface area contributed by atoms with Crippen molar-refractivity contribution in [3.05, 3.63) is 82.6 Å². The number of carbonyl (C=O) groups is 3. The molecule has 2 atom stereocenters. The van der Waals surface area contributed by atoms with Crippen LogP contribution in [0.15, 0.2) is 59.8 Å². The van der Waals surface area contributed by atoms with Crippen molar-refractivity contribution >= 4 is 17.9 Å². The number of halogens is 2. The number of rotatable bonds is 6. The molecule has 10 heteroatoms. The van der Waals surface area contributed by atoms with Crippen molar-refractivity contribution in [2.24, 2.45) is 0 Å². The molecular formula is C27H30F2N4O4. The van der Waals surface area contributed by atoms with E-state index in [1.807, 2.05) is 11.8 Å². The van der Waals surface area contributed by atoms with Gasteiger partial charge in [-0.25, -0.2) is 18.4 Å². The van der Waals surface area contributed by atoms with Gasteiger partial charge in [0.25, 0.3) is 5.91 Å². The minimum absolute atomic E-state index is 0.140. The molecule has 2 aliphatic heterocycles. The highest BCUT2D eigenvalue weighted by molar-refractivity contribution is 5.95. The quantitative estimate of drug-likeness (QED) is 0.601. The molecule has 4 rings (SSSR count). The van der Waals surface area contributed by atoms with Gasteiger partial charge in [0.1, 0.15) is 11.6 Å². The second-order valence-corrected chi connectivity index (χ2v) is 9.17. The maximum absolute atomic E-state index is 14.0.